The molecule has 3 aromatic carbocycles. The molecule has 0 amide bonds. The van der Waals surface area contributed by atoms with E-state index in [0.29, 0.717) is 43.1 Å². The van der Waals surface area contributed by atoms with Crippen molar-refractivity contribution in [2.45, 2.75) is 39.8 Å². The Hall–Kier alpha value is -3.54. The third-order valence-electron chi connectivity index (χ3n) is 5.96. The van der Waals surface area contributed by atoms with E-state index in [1.807, 2.05) is 0 Å². The molecule has 30 heavy (non-hydrogen) atoms. The molecule has 2 heterocycles. The topological polar surface area (TPSA) is 78.1 Å². The van der Waals surface area contributed by atoms with E-state index >= 15 is 0 Å². The smallest absolute Gasteiger partial charge is 0.262 e. The quantitative estimate of drug-likeness (QED) is 0.336. The van der Waals surface area contributed by atoms with Gasteiger partial charge in [0.15, 0.2) is 0 Å². The molecule has 5 rings (SSSR count). The van der Waals surface area contributed by atoms with E-state index in [0.717, 1.165) is 0 Å². The van der Waals surface area contributed by atoms with Gasteiger partial charge in [-0.05, 0) is 50.6 Å². The maximum Gasteiger partial charge on any atom is 0.262 e. The van der Waals surface area contributed by atoms with Crippen LogP contribution in [0.15, 0.2) is 55.6 Å². The van der Waals surface area contributed by atoms with Gasteiger partial charge in [-0.15, -0.1) is 0 Å². The lowest BCUT2D eigenvalue weighted by molar-refractivity contribution is 0.568. The first-order chi connectivity index (χ1) is 14.3. The van der Waals surface area contributed by atoms with Gasteiger partial charge in [0.05, 0.1) is 10.8 Å². The minimum atomic E-state index is -0.395. The van der Waals surface area contributed by atoms with Crippen LogP contribution >= 0.6 is 0 Å². The van der Waals surface area contributed by atoms with Crippen LogP contribution in [0.3, 0.4) is 0 Å². The first kappa shape index (κ1) is 18.5. The van der Waals surface area contributed by atoms with Crippen molar-refractivity contribution in [3.05, 3.63) is 77.8 Å². The summed E-state index contributed by atoms with van der Waals surface area (Å²) in [6, 6.07) is 9.70. The Morgan fingerprint density at radius 3 is 1.17 bits per heavy atom. The molecule has 0 unspecified atom stereocenters. The number of aromatic nitrogens is 2. The summed E-state index contributed by atoms with van der Waals surface area (Å²) < 4.78 is 2.50. The average Bonchev–Trinajstić information content (AvgIpc) is 2.68. The van der Waals surface area contributed by atoms with Gasteiger partial charge in [-0.3, -0.25) is 28.3 Å². The van der Waals surface area contributed by atoms with E-state index in [2.05, 4.69) is 0 Å². The molecule has 0 saturated carbocycles. The molecule has 0 N–H and O–H groups in total. The van der Waals surface area contributed by atoms with Crippen molar-refractivity contribution < 1.29 is 0 Å². The van der Waals surface area contributed by atoms with E-state index in [4.69, 9.17) is 0 Å². The second-order valence-electron chi connectivity index (χ2n) is 8.35. The summed E-state index contributed by atoms with van der Waals surface area (Å²) in [6.45, 7) is 7.17. The predicted octanol–water partition coefficient (Wildman–Crippen LogP) is 3.38. The van der Waals surface area contributed by atoms with Gasteiger partial charge in [0, 0.05) is 33.6 Å². The number of hydrogen-bond donors (Lipinski definition) is 0. The molecule has 0 spiro atoms. The second-order valence-corrected chi connectivity index (χ2v) is 8.35. The Bertz CT molecular complexity index is 1600. The highest BCUT2D eigenvalue weighted by molar-refractivity contribution is 6.32. The molecule has 5 aromatic rings. The van der Waals surface area contributed by atoms with Crippen LogP contribution in [0.2, 0.25) is 0 Å². The van der Waals surface area contributed by atoms with Crippen LogP contribution in [-0.2, 0) is 0 Å². The zero-order valence-electron chi connectivity index (χ0n) is 17.1. The molecule has 2 aromatic heterocycles. The predicted molar refractivity (Wildman–Crippen MR) is 121 cm³/mol. The summed E-state index contributed by atoms with van der Waals surface area (Å²) in [5.74, 6) is 0. The lowest BCUT2D eigenvalue weighted by Gasteiger charge is -2.18. The summed E-state index contributed by atoms with van der Waals surface area (Å²) in [5.41, 5.74) is -1.52. The standard InChI is InChI=1S/C24H20N2O4/c1-11(2)25-21(27)15-9-5-8-14-17(15)19(23(25)29)13-7-6-10-16-18(13)20(14)24(30)26(12(3)4)22(16)28/h5-12H,1-4H3. The lowest BCUT2D eigenvalue weighted by Crippen LogP contribution is -2.36. The number of hydrogen-bond acceptors (Lipinski definition) is 4. The Balaban J connectivity index is 2.31. The van der Waals surface area contributed by atoms with Crippen molar-refractivity contribution in [3.63, 3.8) is 0 Å². The van der Waals surface area contributed by atoms with Gasteiger partial charge < -0.3 is 0 Å². The molecule has 0 atom stereocenters. The molecule has 0 radical (unpaired) electrons. The SMILES string of the molecule is CC(C)n1c(=O)c2cccc3c4c(=O)n(C(C)C)c(=O)c5cccc(c(c1=O)c23)c54. The van der Waals surface area contributed by atoms with Crippen LogP contribution in [0.5, 0.6) is 0 Å². The molecule has 6 nitrogen and oxygen atoms in total. The van der Waals surface area contributed by atoms with Gasteiger partial charge in [-0.2, -0.15) is 0 Å². The first-order valence-corrected chi connectivity index (χ1v) is 10.0. The zero-order valence-corrected chi connectivity index (χ0v) is 17.1. The van der Waals surface area contributed by atoms with Crippen LogP contribution in [-0.4, -0.2) is 9.13 Å². The monoisotopic (exact) mass is 400 g/mol. The fraction of sp³-hybridized carbons (Fsp3) is 0.250. The molecular formula is C24H20N2O4. The fourth-order valence-electron chi connectivity index (χ4n) is 4.75. The third kappa shape index (κ3) is 2.08. The number of benzene rings is 3. The highest BCUT2D eigenvalue weighted by atomic mass is 16.2. The van der Waals surface area contributed by atoms with Gasteiger partial charge in [0.2, 0.25) is 0 Å². The molecule has 0 aliphatic carbocycles. The van der Waals surface area contributed by atoms with Crippen LogP contribution in [0.25, 0.3) is 43.1 Å². The van der Waals surface area contributed by atoms with Gasteiger partial charge >= 0.3 is 0 Å². The van der Waals surface area contributed by atoms with Crippen molar-refractivity contribution in [2.75, 3.05) is 0 Å². The maximum absolute atomic E-state index is 13.5. The summed E-state index contributed by atoms with van der Waals surface area (Å²) in [4.78, 5) is 53.2. The minimum Gasteiger partial charge on any atom is -0.272 e. The number of nitrogens with zero attached hydrogens (tertiary/aromatic N) is 2. The van der Waals surface area contributed by atoms with E-state index < -0.39 is 11.1 Å². The van der Waals surface area contributed by atoms with Gasteiger partial charge in [0.1, 0.15) is 0 Å². The normalized spacial score (nSPS) is 12.5. The highest BCUT2D eigenvalue weighted by Gasteiger charge is 2.24. The third-order valence-corrected chi connectivity index (χ3v) is 5.96. The van der Waals surface area contributed by atoms with E-state index in [1.165, 1.54) is 9.13 Å². The Morgan fingerprint density at radius 2 is 0.833 bits per heavy atom. The van der Waals surface area contributed by atoms with Gasteiger partial charge in [-0.25, -0.2) is 0 Å². The van der Waals surface area contributed by atoms with Gasteiger partial charge in [-0.1, -0.05) is 24.3 Å². The van der Waals surface area contributed by atoms with Crippen molar-refractivity contribution in [1.82, 2.24) is 9.13 Å². The molecule has 6 heteroatoms. The minimum absolute atomic E-state index is 0.320. The molecule has 150 valence electrons. The molecule has 0 fully saturated rings. The number of rotatable bonds is 2. The summed E-state index contributed by atoms with van der Waals surface area (Å²) in [6.07, 6.45) is 0. The summed E-state index contributed by atoms with van der Waals surface area (Å²) in [7, 11) is 0. The van der Waals surface area contributed by atoms with E-state index in [1.54, 1.807) is 64.1 Å². The molecule has 0 aliphatic rings. The Labute approximate surface area is 170 Å². The van der Waals surface area contributed by atoms with Crippen molar-refractivity contribution in [3.8, 4) is 0 Å². The second kappa shape index (κ2) is 5.98. The van der Waals surface area contributed by atoms with Crippen molar-refractivity contribution in [2.24, 2.45) is 0 Å². The largest absolute Gasteiger partial charge is 0.272 e. The Kier molecular flexibility index (Phi) is 3.69. The van der Waals surface area contributed by atoms with E-state index in [-0.39, 0.29) is 23.2 Å². The molecule has 0 aliphatic heterocycles. The summed E-state index contributed by atoms with van der Waals surface area (Å²) in [5, 5.41) is 3.64. The van der Waals surface area contributed by atoms with E-state index in [9.17, 15) is 19.2 Å². The molecular weight excluding hydrogens is 380 g/mol. The van der Waals surface area contributed by atoms with Crippen molar-refractivity contribution in [1.29, 1.82) is 0 Å². The lowest BCUT2D eigenvalue weighted by atomic mass is 9.91. The fourth-order valence-corrected chi connectivity index (χ4v) is 4.75. The highest BCUT2D eigenvalue weighted by Crippen LogP contribution is 2.35. The van der Waals surface area contributed by atoms with Crippen LogP contribution in [0.1, 0.15) is 39.8 Å². The zero-order chi connectivity index (χ0) is 21.5. The van der Waals surface area contributed by atoms with Crippen LogP contribution in [0, 0.1) is 0 Å². The van der Waals surface area contributed by atoms with Crippen LogP contribution in [0.4, 0.5) is 0 Å². The molecule has 0 saturated heterocycles. The average molecular weight is 400 g/mol. The van der Waals surface area contributed by atoms with Crippen LogP contribution < -0.4 is 22.2 Å². The number of pyridine rings is 2. The molecule has 0 bridgehead atoms. The summed E-state index contributed by atoms with van der Waals surface area (Å²) >= 11 is 0. The van der Waals surface area contributed by atoms with Gasteiger partial charge in [0.25, 0.3) is 22.2 Å². The van der Waals surface area contributed by atoms with Crippen molar-refractivity contribution >= 4 is 43.1 Å². The number of fused-ring (bicyclic) bond motifs is 2. The maximum atomic E-state index is 13.5. The Morgan fingerprint density at radius 1 is 0.500 bits per heavy atom. The first-order valence-electron chi connectivity index (χ1n) is 10.0.